The van der Waals surface area contributed by atoms with Crippen LogP contribution in [0.3, 0.4) is 0 Å². The smallest absolute Gasteiger partial charge is 0.252 e. The van der Waals surface area contributed by atoms with Crippen molar-refractivity contribution in [3.05, 3.63) is 17.0 Å². The lowest BCUT2D eigenvalue weighted by Gasteiger charge is -2.21. The first-order valence-corrected chi connectivity index (χ1v) is 9.29. The summed E-state index contributed by atoms with van der Waals surface area (Å²) >= 11 is 0.973. The van der Waals surface area contributed by atoms with Crippen molar-refractivity contribution < 1.29 is 13.2 Å². The maximum Gasteiger partial charge on any atom is 0.252 e. The number of thiophene rings is 1. The molecule has 7 heteroatoms. The third-order valence-corrected chi connectivity index (χ3v) is 6.07. The van der Waals surface area contributed by atoms with Gasteiger partial charge in [0.2, 0.25) is 10.0 Å². The summed E-state index contributed by atoms with van der Waals surface area (Å²) in [5.41, 5.74) is 0.364. The Balaban J connectivity index is 1.81. The second-order valence-corrected chi connectivity index (χ2v) is 7.95. The second-order valence-electron chi connectivity index (χ2n) is 5.25. The largest absolute Gasteiger partial charge is 0.352 e. The molecule has 0 aliphatic heterocycles. The molecule has 1 aromatic heterocycles. The minimum Gasteiger partial charge on any atom is -0.352 e. The molecule has 0 saturated heterocycles. The van der Waals surface area contributed by atoms with Gasteiger partial charge in [0.1, 0.15) is 4.21 Å². The molecule has 0 spiro atoms. The number of carbonyl (C=O) groups excluding carboxylic acids is 1. The Hall–Kier alpha value is -0.920. The summed E-state index contributed by atoms with van der Waals surface area (Å²) in [5, 5.41) is 9.39. The fourth-order valence-corrected chi connectivity index (χ4v) is 4.14. The van der Waals surface area contributed by atoms with E-state index in [0.717, 1.165) is 17.8 Å². The molecule has 1 amide bonds. The summed E-state index contributed by atoms with van der Waals surface area (Å²) < 4.78 is 22.3. The van der Waals surface area contributed by atoms with Gasteiger partial charge in [0.15, 0.2) is 0 Å². The Bertz CT molecular complexity index is 560. The summed E-state index contributed by atoms with van der Waals surface area (Å²) in [6, 6.07) is 1.33. The first-order valence-electron chi connectivity index (χ1n) is 6.86. The molecule has 0 aromatic carbocycles. The van der Waals surface area contributed by atoms with Crippen molar-refractivity contribution in [2.45, 2.75) is 42.7 Å². The molecule has 2 rings (SSSR count). The summed E-state index contributed by atoms with van der Waals surface area (Å²) in [7, 11) is -3.71. The van der Waals surface area contributed by atoms with Gasteiger partial charge in [-0.3, -0.25) is 4.79 Å². The molecule has 20 heavy (non-hydrogen) atoms. The molecule has 0 unspecified atom stereocenters. The summed E-state index contributed by atoms with van der Waals surface area (Å²) in [4.78, 5) is 11.9. The van der Waals surface area contributed by atoms with Gasteiger partial charge in [-0.05, 0) is 18.4 Å². The van der Waals surface area contributed by atoms with Crippen LogP contribution in [0.1, 0.15) is 48.9 Å². The third kappa shape index (κ3) is 4.29. The van der Waals surface area contributed by atoms with E-state index in [0.29, 0.717) is 18.0 Å². The maximum atomic E-state index is 11.9. The van der Waals surface area contributed by atoms with E-state index in [-0.39, 0.29) is 10.1 Å². The number of nitrogens with one attached hydrogen (secondary N) is 1. The molecule has 0 radical (unpaired) electrons. The number of nitrogens with two attached hydrogens (primary N) is 1. The first kappa shape index (κ1) is 15.5. The van der Waals surface area contributed by atoms with Gasteiger partial charge in [-0.2, -0.15) is 0 Å². The summed E-state index contributed by atoms with van der Waals surface area (Å²) in [6.45, 7) is 0.643. The molecule has 3 N–H and O–H groups in total. The third-order valence-electron chi connectivity index (χ3n) is 3.68. The van der Waals surface area contributed by atoms with Crippen molar-refractivity contribution in [2.75, 3.05) is 6.54 Å². The minimum atomic E-state index is -3.71. The molecule has 1 fully saturated rings. The van der Waals surface area contributed by atoms with Gasteiger partial charge in [0.25, 0.3) is 5.91 Å². The van der Waals surface area contributed by atoms with Gasteiger partial charge < -0.3 is 5.32 Å². The van der Waals surface area contributed by atoms with Gasteiger partial charge in [-0.25, -0.2) is 13.6 Å². The zero-order valence-electron chi connectivity index (χ0n) is 11.3. The Morgan fingerprint density at radius 1 is 1.35 bits per heavy atom. The zero-order valence-corrected chi connectivity index (χ0v) is 12.9. The van der Waals surface area contributed by atoms with Crippen molar-refractivity contribution in [3.63, 3.8) is 0 Å². The van der Waals surface area contributed by atoms with Gasteiger partial charge in [0, 0.05) is 11.9 Å². The Kier molecular flexibility index (Phi) is 5.17. The van der Waals surface area contributed by atoms with Crippen LogP contribution < -0.4 is 10.5 Å². The number of rotatable bonds is 5. The summed E-state index contributed by atoms with van der Waals surface area (Å²) in [6.07, 6.45) is 7.42. The molecule has 0 bridgehead atoms. The standard InChI is InChI=1S/C13H20N2O3S2/c14-20(17,18)12-8-11(9-19-12)13(16)15-7-6-10-4-2-1-3-5-10/h8-10H,1-7H2,(H,15,16)(H2,14,17,18). The molecular formula is C13H20N2O3S2. The molecule has 1 saturated carbocycles. The van der Waals surface area contributed by atoms with E-state index in [2.05, 4.69) is 5.32 Å². The van der Waals surface area contributed by atoms with Crippen LogP contribution in [0.4, 0.5) is 0 Å². The monoisotopic (exact) mass is 316 g/mol. The minimum absolute atomic E-state index is 0.0231. The van der Waals surface area contributed by atoms with Gasteiger partial charge in [0.05, 0.1) is 5.56 Å². The van der Waals surface area contributed by atoms with Crippen LogP contribution in [0.25, 0.3) is 0 Å². The molecule has 0 atom stereocenters. The number of sulfonamides is 1. The Labute approximate surface area is 123 Å². The fraction of sp³-hybridized carbons (Fsp3) is 0.615. The highest BCUT2D eigenvalue weighted by Crippen LogP contribution is 2.25. The van der Waals surface area contributed by atoms with Crippen LogP contribution in [0.2, 0.25) is 0 Å². The van der Waals surface area contributed by atoms with Crippen LogP contribution >= 0.6 is 11.3 Å². The highest BCUT2D eigenvalue weighted by Gasteiger charge is 2.16. The number of carbonyl (C=O) groups is 1. The van der Waals surface area contributed by atoms with Crippen LogP contribution in [-0.2, 0) is 10.0 Å². The Morgan fingerprint density at radius 3 is 2.65 bits per heavy atom. The predicted molar refractivity (Wildman–Crippen MR) is 79.2 cm³/mol. The van der Waals surface area contributed by atoms with E-state index in [1.54, 1.807) is 0 Å². The van der Waals surface area contributed by atoms with E-state index in [1.807, 2.05) is 0 Å². The molecule has 1 aliphatic carbocycles. The normalized spacial score (nSPS) is 17.1. The highest BCUT2D eigenvalue weighted by atomic mass is 32.2. The average molecular weight is 316 g/mol. The first-order chi connectivity index (χ1) is 9.47. The molecule has 5 nitrogen and oxygen atoms in total. The predicted octanol–water partition coefficient (Wildman–Crippen LogP) is 2.10. The van der Waals surface area contributed by atoms with Crippen LogP contribution in [0.15, 0.2) is 15.7 Å². The van der Waals surface area contributed by atoms with Gasteiger partial charge in [-0.15, -0.1) is 11.3 Å². The zero-order chi connectivity index (χ0) is 14.6. The van der Waals surface area contributed by atoms with Gasteiger partial charge in [-0.1, -0.05) is 32.1 Å². The van der Waals surface area contributed by atoms with E-state index in [4.69, 9.17) is 5.14 Å². The molecule has 1 aliphatic rings. The van der Waals surface area contributed by atoms with Crippen LogP contribution in [0, 0.1) is 5.92 Å². The number of primary sulfonamides is 1. The number of amides is 1. The SMILES string of the molecule is NS(=O)(=O)c1cc(C(=O)NCCC2CCCCC2)cs1. The van der Waals surface area contributed by atoms with Gasteiger partial charge >= 0.3 is 0 Å². The quantitative estimate of drug-likeness (QED) is 0.871. The maximum absolute atomic E-state index is 11.9. The van der Waals surface area contributed by atoms with E-state index in [1.165, 1.54) is 43.6 Å². The van der Waals surface area contributed by atoms with E-state index >= 15 is 0 Å². The van der Waals surface area contributed by atoms with Crippen molar-refractivity contribution in [2.24, 2.45) is 11.1 Å². The van der Waals surface area contributed by atoms with Crippen LogP contribution in [-0.4, -0.2) is 20.9 Å². The molecule has 1 heterocycles. The van der Waals surface area contributed by atoms with Crippen molar-refractivity contribution >= 4 is 27.3 Å². The molecular weight excluding hydrogens is 296 g/mol. The highest BCUT2D eigenvalue weighted by molar-refractivity contribution is 7.91. The number of hydrogen-bond donors (Lipinski definition) is 2. The second kappa shape index (κ2) is 6.69. The lowest BCUT2D eigenvalue weighted by molar-refractivity contribution is 0.0950. The van der Waals surface area contributed by atoms with Crippen molar-refractivity contribution in [1.29, 1.82) is 0 Å². The van der Waals surface area contributed by atoms with E-state index in [9.17, 15) is 13.2 Å². The van der Waals surface area contributed by atoms with E-state index < -0.39 is 10.0 Å². The fourth-order valence-electron chi connectivity index (χ4n) is 2.55. The Morgan fingerprint density at radius 2 is 2.05 bits per heavy atom. The molecule has 1 aromatic rings. The van der Waals surface area contributed by atoms with Crippen molar-refractivity contribution in [1.82, 2.24) is 5.32 Å². The molecule has 112 valence electrons. The van der Waals surface area contributed by atoms with Crippen LogP contribution in [0.5, 0.6) is 0 Å². The van der Waals surface area contributed by atoms with Crippen molar-refractivity contribution in [3.8, 4) is 0 Å². The average Bonchev–Trinajstić information content (AvgIpc) is 2.89. The lowest BCUT2D eigenvalue weighted by atomic mass is 9.87. The topological polar surface area (TPSA) is 89.3 Å². The lowest BCUT2D eigenvalue weighted by Crippen LogP contribution is -2.26. The number of hydrogen-bond acceptors (Lipinski definition) is 4. The summed E-state index contributed by atoms with van der Waals surface area (Å²) in [5.74, 6) is 0.485.